The van der Waals surface area contributed by atoms with Gasteiger partial charge in [-0.3, -0.25) is 14.2 Å². The molecular formula is C23H22ClN3O2S. The predicted molar refractivity (Wildman–Crippen MR) is 124 cm³/mol. The summed E-state index contributed by atoms with van der Waals surface area (Å²) in [7, 11) is 0. The van der Waals surface area contributed by atoms with E-state index in [4.69, 9.17) is 18.0 Å². The van der Waals surface area contributed by atoms with Crippen molar-refractivity contribution in [3.05, 3.63) is 63.4 Å². The van der Waals surface area contributed by atoms with Gasteiger partial charge in [0.2, 0.25) is 5.91 Å². The van der Waals surface area contributed by atoms with E-state index >= 15 is 0 Å². The highest BCUT2D eigenvalue weighted by Gasteiger charge is 2.15. The van der Waals surface area contributed by atoms with Gasteiger partial charge in [0.25, 0.3) is 5.56 Å². The lowest BCUT2D eigenvalue weighted by Crippen LogP contribution is -2.26. The van der Waals surface area contributed by atoms with Gasteiger partial charge in [-0.1, -0.05) is 55.3 Å². The molecule has 0 saturated carbocycles. The first-order valence-corrected chi connectivity index (χ1v) is 11.0. The zero-order chi connectivity index (χ0) is 21.7. The number of nitrogens with one attached hydrogen (secondary N) is 1. The van der Waals surface area contributed by atoms with Crippen LogP contribution in [0.2, 0.25) is 5.02 Å². The van der Waals surface area contributed by atoms with Gasteiger partial charge in [-0.2, -0.15) is 0 Å². The standard InChI is InChI=1S/C23H22ClN3O2S/c1-4-12-25-21(28)14-30-23-26-20-13-17(24)8-11-19(20)22(29)27(23)18-9-6-16(7-10-18)15(3)5-2/h1,6-11,13,15H,5,12,14H2,2-3H3,(H,25,28). The monoisotopic (exact) mass is 439 g/mol. The van der Waals surface area contributed by atoms with Crippen LogP contribution in [0.1, 0.15) is 31.7 Å². The Morgan fingerprint density at radius 3 is 2.70 bits per heavy atom. The zero-order valence-electron chi connectivity index (χ0n) is 16.8. The number of aromatic nitrogens is 2. The molecule has 154 valence electrons. The fraction of sp³-hybridized carbons (Fsp3) is 0.261. The largest absolute Gasteiger partial charge is 0.344 e. The number of carbonyl (C=O) groups excluding carboxylic acids is 1. The van der Waals surface area contributed by atoms with Crippen molar-refractivity contribution in [3.63, 3.8) is 0 Å². The first-order valence-electron chi connectivity index (χ1n) is 9.60. The molecule has 1 unspecified atom stereocenters. The number of hydrogen-bond acceptors (Lipinski definition) is 4. The van der Waals surface area contributed by atoms with E-state index in [2.05, 4.69) is 30.1 Å². The van der Waals surface area contributed by atoms with E-state index in [1.165, 1.54) is 21.9 Å². The summed E-state index contributed by atoms with van der Waals surface area (Å²) in [6.45, 7) is 4.46. The van der Waals surface area contributed by atoms with E-state index < -0.39 is 0 Å². The lowest BCUT2D eigenvalue weighted by Gasteiger charge is -2.15. The molecule has 0 aliphatic heterocycles. The quantitative estimate of drug-likeness (QED) is 0.337. The van der Waals surface area contributed by atoms with Crippen LogP contribution in [-0.4, -0.2) is 27.8 Å². The Hall–Kier alpha value is -2.75. The van der Waals surface area contributed by atoms with Crippen LogP contribution in [0.25, 0.3) is 16.6 Å². The molecule has 30 heavy (non-hydrogen) atoms. The van der Waals surface area contributed by atoms with Gasteiger partial charge in [0.15, 0.2) is 5.16 Å². The van der Waals surface area contributed by atoms with Crippen molar-refractivity contribution in [1.82, 2.24) is 14.9 Å². The Morgan fingerprint density at radius 1 is 1.30 bits per heavy atom. The van der Waals surface area contributed by atoms with Crippen LogP contribution in [-0.2, 0) is 4.79 Å². The molecule has 7 heteroatoms. The Kier molecular flexibility index (Phi) is 7.20. The third-order valence-corrected chi connectivity index (χ3v) is 6.03. The van der Waals surface area contributed by atoms with Crippen LogP contribution in [0.4, 0.5) is 0 Å². The highest BCUT2D eigenvalue weighted by atomic mass is 35.5. The van der Waals surface area contributed by atoms with Crippen molar-refractivity contribution < 1.29 is 4.79 Å². The number of rotatable bonds is 7. The van der Waals surface area contributed by atoms with Crippen molar-refractivity contribution in [2.75, 3.05) is 12.3 Å². The summed E-state index contributed by atoms with van der Waals surface area (Å²) < 4.78 is 1.54. The number of thioether (sulfide) groups is 1. The van der Waals surface area contributed by atoms with Crippen LogP contribution in [0.15, 0.2) is 52.4 Å². The molecule has 0 saturated heterocycles. The van der Waals surface area contributed by atoms with Gasteiger partial charge in [0, 0.05) is 5.02 Å². The second-order valence-corrected chi connectivity index (χ2v) is 8.25. The predicted octanol–water partition coefficient (Wildman–Crippen LogP) is 4.39. The minimum Gasteiger partial charge on any atom is -0.344 e. The molecule has 0 radical (unpaired) electrons. The molecule has 2 aromatic carbocycles. The lowest BCUT2D eigenvalue weighted by atomic mass is 9.98. The lowest BCUT2D eigenvalue weighted by molar-refractivity contribution is -0.118. The smallest absolute Gasteiger partial charge is 0.266 e. The van der Waals surface area contributed by atoms with E-state index in [9.17, 15) is 9.59 Å². The summed E-state index contributed by atoms with van der Waals surface area (Å²) in [4.78, 5) is 29.9. The maximum atomic E-state index is 13.3. The van der Waals surface area contributed by atoms with Gasteiger partial charge >= 0.3 is 0 Å². The summed E-state index contributed by atoms with van der Waals surface area (Å²) in [5, 5.41) is 3.99. The minimum atomic E-state index is -0.225. The molecule has 3 aromatic rings. The molecule has 0 aliphatic rings. The van der Waals surface area contributed by atoms with E-state index in [1.807, 2.05) is 24.3 Å². The third kappa shape index (κ3) is 4.86. The summed E-state index contributed by atoms with van der Waals surface area (Å²) >= 11 is 7.27. The van der Waals surface area contributed by atoms with Gasteiger partial charge < -0.3 is 5.32 Å². The second-order valence-electron chi connectivity index (χ2n) is 6.87. The number of fused-ring (bicyclic) bond motifs is 1. The number of benzene rings is 2. The average molecular weight is 440 g/mol. The third-order valence-electron chi connectivity index (χ3n) is 4.85. The van der Waals surface area contributed by atoms with Crippen LogP contribution in [0.5, 0.6) is 0 Å². The zero-order valence-corrected chi connectivity index (χ0v) is 18.4. The Morgan fingerprint density at radius 2 is 2.03 bits per heavy atom. The van der Waals surface area contributed by atoms with Gasteiger partial charge in [-0.15, -0.1) is 6.42 Å². The van der Waals surface area contributed by atoms with Crippen LogP contribution >= 0.6 is 23.4 Å². The first kappa shape index (κ1) is 21.9. The van der Waals surface area contributed by atoms with E-state index in [1.54, 1.807) is 18.2 Å². The molecule has 1 atom stereocenters. The maximum absolute atomic E-state index is 13.3. The number of halogens is 1. The molecule has 1 amide bonds. The Balaban J connectivity index is 2.07. The maximum Gasteiger partial charge on any atom is 0.266 e. The molecular weight excluding hydrogens is 418 g/mol. The summed E-state index contributed by atoms with van der Waals surface area (Å²) in [5.41, 5.74) is 2.19. The number of terminal acetylenes is 1. The Bertz CT molecular complexity index is 1170. The van der Waals surface area contributed by atoms with Crippen molar-refractivity contribution >= 4 is 40.2 Å². The SMILES string of the molecule is C#CCNC(=O)CSc1nc2cc(Cl)ccc2c(=O)n1-c1ccc(C(C)CC)cc1. The second kappa shape index (κ2) is 9.84. The van der Waals surface area contributed by atoms with Gasteiger partial charge in [0.05, 0.1) is 28.9 Å². The minimum absolute atomic E-state index is 0.0884. The summed E-state index contributed by atoms with van der Waals surface area (Å²) in [6.07, 6.45) is 6.22. The topological polar surface area (TPSA) is 64.0 Å². The first-order chi connectivity index (χ1) is 14.4. The summed E-state index contributed by atoms with van der Waals surface area (Å²) in [5.74, 6) is 2.66. The number of hydrogen-bond donors (Lipinski definition) is 1. The van der Waals surface area contributed by atoms with Gasteiger partial charge in [-0.05, 0) is 48.2 Å². The van der Waals surface area contributed by atoms with E-state index in [0.717, 1.165) is 6.42 Å². The van der Waals surface area contributed by atoms with Crippen molar-refractivity contribution in [2.45, 2.75) is 31.3 Å². The van der Waals surface area contributed by atoms with Crippen LogP contribution < -0.4 is 10.9 Å². The van der Waals surface area contributed by atoms with E-state index in [-0.39, 0.29) is 23.8 Å². The van der Waals surface area contributed by atoms with E-state index in [0.29, 0.717) is 32.7 Å². The van der Waals surface area contributed by atoms with Crippen molar-refractivity contribution in [2.24, 2.45) is 0 Å². The molecule has 0 bridgehead atoms. The molecule has 0 fully saturated rings. The summed E-state index contributed by atoms with van der Waals surface area (Å²) in [6, 6.07) is 12.9. The fourth-order valence-corrected chi connectivity index (χ4v) is 3.99. The number of amides is 1. The van der Waals surface area contributed by atoms with Crippen molar-refractivity contribution in [1.29, 1.82) is 0 Å². The molecule has 3 rings (SSSR count). The molecule has 5 nitrogen and oxygen atoms in total. The highest BCUT2D eigenvalue weighted by molar-refractivity contribution is 7.99. The molecule has 1 N–H and O–H groups in total. The highest BCUT2D eigenvalue weighted by Crippen LogP contribution is 2.25. The fourth-order valence-electron chi connectivity index (χ4n) is 2.98. The molecule has 0 spiro atoms. The van der Waals surface area contributed by atoms with Crippen LogP contribution in [0, 0.1) is 12.3 Å². The number of nitrogens with zero attached hydrogens (tertiary/aromatic N) is 2. The van der Waals surface area contributed by atoms with Gasteiger partial charge in [-0.25, -0.2) is 4.98 Å². The normalized spacial score (nSPS) is 11.8. The van der Waals surface area contributed by atoms with Crippen molar-refractivity contribution in [3.8, 4) is 18.0 Å². The number of carbonyl (C=O) groups is 1. The molecule has 0 aliphatic carbocycles. The molecule has 1 aromatic heterocycles. The van der Waals surface area contributed by atoms with Crippen LogP contribution in [0.3, 0.4) is 0 Å². The van der Waals surface area contributed by atoms with Gasteiger partial charge in [0.1, 0.15) is 0 Å². The average Bonchev–Trinajstić information content (AvgIpc) is 2.75. The Labute approximate surface area is 184 Å². The molecule has 1 heterocycles.